The summed E-state index contributed by atoms with van der Waals surface area (Å²) in [5, 5.41) is 3.01. The van der Waals surface area contributed by atoms with Gasteiger partial charge in [0.1, 0.15) is 17.4 Å². The fourth-order valence-corrected chi connectivity index (χ4v) is 5.00. The zero-order valence-electron chi connectivity index (χ0n) is 12.5. The molecule has 2 aromatic rings. The van der Waals surface area contributed by atoms with Crippen molar-refractivity contribution in [1.29, 1.82) is 0 Å². The zero-order valence-corrected chi connectivity index (χ0v) is 14.2. The van der Waals surface area contributed by atoms with Crippen LogP contribution in [0.15, 0.2) is 34.7 Å². The molecule has 22 heavy (non-hydrogen) atoms. The molecule has 0 unspecified atom stereocenters. The molecule has 1 aromatic carbocycles. The summed E-state index contributed by atoms with van der Waals surface area (Å²) in [5.74, 6) is 2.04. The van der Waals surface area contributed by atoms with Crippen molar-refractivity contribution in [3.05, 3.63) is 34.8 Å². The minimum atomic E-state index is 0.563. The first-order chi connectivity index (χ1) is 10.9. The Morgan fingerprint density at radius 3 is 2.95 bits per heavy atom. The molecule has 1 aliphatic heterocycles. The van der Waals surface area contributed by atoms with E-state index in [4.69, 9.17) is 4.74 Å². The zero-order chi connectivity index (χ0) is 14.8. The molecular formula is C17H20N2OS2. The van der Waals surface area contributed by atoms with Gasteiger partial charge in [0.25, 0.3) is 0 Å². The quantitative estimate of drug-likeness (QED) is 0.793. The van der Waals surface area contributed by atoms with Crippen LogP contribution >= 0.6 is 23.1 Å². The first-order valence-corrected chi connectivity index (χ1v) is 9.81. The van der Waals surface area contributed by atoms with Crippen molar-refractivity contribution >= 4 is 28.8 Å². The number of aromatic nitrogens is 1. The normalized spacial score (nSPS) is 18.5. The Balaban J connectivity index is 1.45. The third kappa shape index (κ3) is 2.97. The topological polar surface area (TPSA) is 25.4 Å². The van der Waals surface area contributed by atoms with E-state index in [0.717, 1.165) is 22.7 Å². The molecule has 2 aliphatic rings. The van der Waals surface area contributed by atoms with Gasteiger partial charge in [-0.1, -0.05) is 19.3 Å². The lowest BCUT2D eigenvalue weighted by atomic mass is 9.94. The highest BCUT2D eigenvalue weighted by Gasteiger charge is 2.28. The third-order valence-corrected chi connectivity index (χ3v) is 6.26. The number of fused-ring (bicyclic) bond motifs is 1. The summed E-state index contributed by atoms with van der Waals surface area (Å²) in [6.45, 7) is 0.563. The Hall–Kier alpha value is -1.20. The Bertz CT molecular complexity index is 624. The number of rotatable bonds is 4. The second-order valence-corrected chi connectivity index (χ2v) is 7.84. The molecule has 5 heteroatoms. The lowest BCUT2D eigenvalue weighted by molar-refractivity contribution is 0.305. The van der Waals surface area contributed by atoms with Crippen LogP contribution in [0.5, 0.6) is 5.75 Å². The van der Waals surface area contributed by atoms with E-state index in [9.17, 15) is 0 Å². The van der Waals surface area contributed by atoms with E-state index in [1.54, 1.807) is 11.3 Å². The van der Waals surface area contributed by atoms with E-state index >= 15 is 0 Å². The second kappa shape index (κ2) is 6.50. The van der Waals surface area contributed by atoms with Crippen LogP contribution in [-0.4, -0.2) is 16.9 Å². The molecule has 1 aliphatic carbocycles. The van der Waals surface area contributed by atoms with Crippen LogP contribution in [0.2, 0.25) is 0 Å². The average Bonchev–Trinajstić information content (AvgIpc) is 3.23. The summed E-state index contributed by atoms with van der Waals surface area (Å²) in [5.41, 5.74) is 1.40. The lowest BCUT2D eigenvalue weighted by Crippen LogP contribution is -2.34. The van der Waals surface area contributed by atoms with E-state index in [-0.39, 0.29) is 0 Å². The van der Waals surface area contributed by atoms with E-state index in [1.807, 2.05) is 23.3 Å². The Morgan fingerprint density at radius 2 is 2.14 bits per heavy atom. The van der Waals surface area contributed by atoms with Crippen LogP contribution in [0.1, 0.15) is 37.1 Å². The van der Waals surface area contributed by atoms with Gasteiger partial charge in [0.2, 0.25) is 0 Å². The van der Waals surface area contributed by atoms with Gasteiger partial charge in [0, 0.05) is 22.5 Å². The van der Waals surface area contributed by atoms with Crippen molar-refractivity contribution in [1.82, 2.24) is 4.98 Å². The molecule has 3 nitrogen and oxygen atoms in total. The van der Waals surface area contributed by atoms with E-state index < -0.39 is 0 Å². The fraction of sp³-hybridized carbons (Fsp3) is 0.471. The minimum Gasteiger partial charge on any atom is -0.486 e. The van der Waals surface area contributed by atoms with Gasteiger partial charge in [-0.15, -0.1) is 23.1 Å². The molecule has 0 saturated heterocycles. The molecule has 1 fully saturated rings. The largest absolute Gasteiger partial charge is 0.486 e. The Labute approximate surface area is 139 Å². The third-order valence-electron chi connectivity index (χ3n) is 4.46. The highest BCUT2D eigenvalue weighted by atomic mass is 32.2. The van der Waals surface area contributed by atoms with Crippen LogP contribution in [0.4, 0.5) is 5.69 Å². The number of thiazole rings is 1. The number of ether oxygens (including phenoxy) is 1. The van der Waals surface area contributed by atoms with Crippen LogP contribution in [-0.2, 0) is 6.61 Å². The van der Waals surface area contributed by atoms with Crippen molar-refractivity contribution in [2.75, 3.05) is 10.8 Å². The maximum Gasteiger partial charge on any atom is 0.140 e. The number of anilines is 1. The van der Waals surface area contributed by atoms with Gasteiger partial charge in [0.15, 0.2) is 0 Å². The molecule has 1 aromatic heterocycles. The summed E-state index contributed by atoms with van der Waals surface area (Å²) in [7, 11) is 0. The number of nitrogens with zero attached hydrogens (tertiary/aromatic N) is 2. The number of hydrogen-bond acceptors (Lipinski definition) is 5. The molecule has 4 rings (SSSR count). The summed E-state index contributed by atoms with van der Waals surface area (Å²) >= 11 is 3.58. The molecule has 0 radical (unpaired) electrons. The van der Waals surface area contributed by atoms with Crippen LogP contribution in [0.25, 0.3) is 0 Å². The summed E-state index contributed by atoms with van der Waals surface area (Å²) in [6, 6.07) is 7.27. The van der Waals surface area contributed by atoms with Gasteiger partial charge in [-0.25, -0.2) is 4.98 Å². The standard InChI is InChI=1S/C17H20N2OS2/c1-2-4-13(5-3-1)19-12-22-16-10-14(6-7-15(16)19)20-11-17-18-8-9-21-17/h6-10,13H,1-5,11-12H2. The van der Waals surface area contributed by atoms with Gasteiger partial charge in [0.05, 0.1) is 11.6 Å². The van der Waals surface area contributed by atoms with Crippen molar-refractivity contribution in [2.45, 2.75) is 49.6 Å². The van der Waals surface area contributed by atoms with Gasteiger partial charge in [-0.05, 0) is 31.0 Å². The first kappa shape index (κ1) is 14.4. The molecule has 0 atom stereocenters. The van der Waals surface area contributed by atoms with Gasteiger partial charge >= 0.3 is 0 Å². The lowest BCUT2D eigenvalue weighted by Gasteiger charge is -2.32. The van der Waals surface area contributed by atoms with Crippen molar-refractivity contribution < 1.29 is 4.74 Å². The molecule has 1 saturated carbocycles. The highest BCUT2D eigenvalue weighted by molar-refractivity contribution is 7.99. The second-order valence-electron chi connectivity index (χ2n) is 5.88. The molecular weight excluding hydrogens is 312 g/mol. The van der Waals surface area contributed by atoms with Crippen molar-refractivity contribution in [2.24, 2.45) is 0 Å². The number of hydrogen-bond donors (Lipinski definition) is 0. The highest BCUT2D eigenvalue weighted by Crippen LogP contribution is 2.43. The van der Waals surface area contributed by atoms with Crippen LogP contribution in [0.3, 0.4) is 0 Å². The molecule has 0 spiro atoms. The van der Waals surface area contributed by atoms with Crippen LogP contribution in [0, 0.1) is 0 Å². The molecule has 116 valence electrons. The van der Waals surface area contributed by atoms with E-state index in [2.05, 4.69) is 28.1 Å². The first-order valence-electron chi connectivity index (χ1n) is 7.95. The predicted octanol–water partition coefficient (Wildman–Crippen LogP) is 4.92. The maximum atomic E-state index is 5.87. The molecule has 0 amide bonds. The van der Waals surface area contributed by atoms with Crippen molar-refractivity contribution in [3.63, 3.8) is 0 Å². The average molecular weight is 332 g/mol. The Kier molecular flexibility index (Phi) is 4.26. The summed E-state index contributed by atoms with van der Waals surface area (Å²) < 4.78 is 5.87. The number of benzene rings is 1. The monoisotopic (exact) mass is 332 g/mol. The molecule has 0 bridgehead atoms. The van der Waals surface area contributed by atoms with E-state index in [0.29, 0.717) is 6.61 Å². The van der Waals surface area contributed by atoms with Crippen molar-refractivity contribution in [3.8, 4) is 5.75 Å². The van der Waals surface area contributed by atoms with Crippen LogP contribution < -0.4 is 9.64 Å². The van der Waals surface area contributed by atoms with Gasteiger partial charge < -0.3 is 9.64 Å². The minimum absolute atomic E-state index is 0.563. The smallest absolute Gasteiger partial charge is 0.140 e. The van der Waals surface area contributed by atoms with Gasteiger partial charge in [-0.2, -0.15) is 0 Å². The number of thioether (sulfide) groups is 1. The SMILES string of the molecule is c1csc(COc2ccc3c(c2)SCN3C2CCCCC2)n1. The Morgan fingerprint density at radius 1 is 1.23 bits per heavy atom. The summed E-state index contributed by atoms with van der Waals surface area (Å²) in [4.78, 5) is 8.22. The predicted molar refractivity (Wildman–Crippen MR) is 93.0 cm³/mol. The van der Waals surface area contributed by atoms with E-state index in [1.165, 1.54) is 42.7 Å². The fourth-order valence-electron chi connectivity index (χ4n) is 3.31. The summed E-state index contributed by atoms with van der Waals surface area (Å²) in [6.07, 6.45) is 8.70. The molecule has 2 heterocycles. The molecule has 0 N–H and O–H groups in total. The van der Waals surface area contributed by atoms with Gasteiger partial charge in [-0.3, -0.25) is 0 Å². The maximum absolute atomic E-state index is 5.87.